The molecular weight excluding hydrogens is 242 g/mol. The van der Waals surface area contributed by atoms with Gasteiger partial charge in [0.15, 0.2) is 5.69 Å². The maximum atomic E-state index is 12.1. The molecule has 0 aliphatic rings. The normalized spacial score (nSPS) is 12.7. The maximum absolute atomic E-state index is 12.1. The summed E-state index contributed by atoms with van der Waals surface area (Å²) in [6.45, 7) is 9.86. The smallest absolute Gasteiger partial charge is 0.274 e. The van der Waals surface area contributed by atoms with E-state index >= 15 is 0 Å². The average molecular weight is 267 g/mol. The van der Waals surface area contributed by atoms with E-state index in [1.54, 1.807) is 0 Å². The van der Waals surface area contributed by atoms with Crippen LogP contribution in [0.25, 0.3) is 0 Å². The molecule has 0 aliphatic carbocycles. The summed E-state index contributed by atoms with van der Waals surface area (Å²) in [6.07, 6.45) is 1.86. The molecular formula is C14H25N3O2. The molecule has 1 atom stereocenters. The van der Waals surface area contributed by atoms with Crippen LogP contribution in [0.5, 0.6) is 0 Å². The zero-order chi connectivity index (χ0) is 14.4. The summed E-state index contributed by atoms with van der Waals surface area (Å²) in [5, 5.41) is 6.82. The van der Waals surface area contributed by atoms with Crippen molar-refractivity contribution >= 4 is 5.91 Å². The largest absolute Gasteiger partial charge is 0.360 e. The number of carbonyl (C=O) groups is 1. The first-order valence-corrected chi connectivity index (χ1v) is 6.94. The third-order valence-electron chi connectivity index (χ3n) is 3.13. The van der Waals surface area contributed by atoms with E-state index in [1.165, 1.54) is 0 Å². The van der Waals surface area contributed by atoms with Gasteiger partial charge >= 0.3 is 0 Å². The molecule has 1 amide bonds. The first-order valence-electron chi connectivity index (χ1n) is 6.94. The van der Waals surface area contributed by atoms with Crippen LogP contribution in [-0.4, -0.2) is 42.1 Å². The maximum Gasteiger partial charge on any atom is 0.274 e. The van der Waals surface area contributed by atoms with Gasteiger partial charge in [0.25, 0.3) is 5.91 Å². The number of hydrogen-bond donors (Lipinski definition) is 1. The third kappa shape index (κ3) is 4.35. The van der Waals surface area contributed by atoms with Gasteiger partial charge in [-0.2, -0.15) is 0 Å². The molecule has 0 aromatic carbocycles. The molecule has 5 heteroatoms. The molecule has 1 aromatic heterocycles. The van der Waals surface area contributed by atoms with Gasteiger partial charge in [0.05, 0.1) is 0 Å². The monoisotopic (exact) mass is 267 g/mol. The van der Waals surface area contributed by atoms with Crippen LogP contribution in [-0.2, 0) is 6.42 Å². The van der Waals surface area contributed by atoms with Gasteiger partial charge in [0, 0.05) is 24.6 Å². The van der Waals surface area contributed by atoms with E-state index in [-0.39, 0.29) is 11.9 Å². The van der Waals surface area contributed by atoms with Gasteiger partial charge in [-0.3, -0.25) is 4.79 Å². The number of aromatic nitrogens is 1. The third-order valence-corrected chi connectivity index (χ3v) is 3.13. The number of hydrogen-bond acceptors (Lipinski definition) is 4. The summed E-state index contributed by atoms with van der Waals surface area (Å²) in [5.74, 6) is 0.624. The SMILES string of the molecule is CCCN(C)CC(C)NC(=O)c1noc(CC)c1C. The molecule has 0 saturated heterocycles. The molecule has 19 heavy (non-hydrogen) atoms. The molecule has 1 N–H and O–H groups in total. The minimum absolute atomic E-state index is 0.0882. The van der Waals surface area contributed by atoms with Crippen LogP contribution in [0.3, 0.4) is 0 Å². The quantitative estimate of drug-likeness (QED) is 0.821. The summed E-state index contributed by atoms with van der Waals surface area (Å²) in [6, 6.07) is 0.0882. The molecule has 0 aliphatic heterocycles. The fourth-order valence-electron chi connectivity index (χ4n) is 2.19. The molecule has 0 saturated carbocycles. The summed E-state index contributed by atoms with van der Waals surface area (Å²) >= 11 is 0. The molecule has 1 aromatic rings. The van der Waals surface area contributed by atoms with Crippen LogP contribution < -0.4 is 5.32 Å². The lowest BCUT2D eigenvalue weighted by atomic mass is 10.1. The van der Waals surface area contributed by atoms with E-state index in [4.69, 9.17) is 4.52 Å². The highest BCUT2D eigenvalue weighted by atomic mass is 16.5. The van der Waals surface area contributed by atoms with Gasteiger partial charge in [0.2, 0.25) is 0 Å². The van der Waals surface area contributed by atoms with Crippen molar-refractivity contribution in [3.63, 3.8) is 0 Å². The molecule has 0 radical (unpaired) electrons. The van der Waals surface area contributed by atoms with Crippen molar-refractivity contribution in [3.8, 4) is 0 Å². The number of nitrogens with zero attached hydrogens (tertiary/aromatic N) is 2. The Morgan fingerprint density at radius 3 is 2.68 bits per heavy atom. The first kappa shape index (κ1) is 15.7. The van der Waals surface area contributed by atoms with E-state index in [9.17, 15) is 4.79 Å². The summed E-state index contributed by atoms with van der Waals surface area (Å²) < 4.78 is 5.15. The second kappa shape index (κ2) is 7.28. The second-order valence-electron chi connectivity index (χ2n) is 5.07. The standard InChI is InChI=1S/C14H25N3O2/c1-6-8-17(5)9-10(3)15-14(18)13-11(4)12(7-2)19-16-13/h10H,6-9H2,1-5H3,(H,15,18). The van der Waals surface area contributed by atoms with Crippen molar-refractivity contribution in [2.45, 2.75) is 46.6 Å². The van der Waals surface area contributed by atoms with Gasteiger partial charge in [-0.1, -0.05) is 19.0 Å². The summed E-state index contributed by atoms with van der Waals surface area (Å²) in [4.78, 5) is 14.3. The number of carbonyl (C=O) groups excluding carboxylic acids is 1. The van der Waals surface area contributed by atoms with Gasteiger partial charge in [-0.15, -0.1) is 0 Å². The zero-order valence-electron chi connectivity index (χ0n) is 12.6. The summed E-state index contributed by atoms with van der Waals surface area (Å²) in [7, 11) is 2.06. The lowest BCUT2D eigenvalue weighted by Crippen LogP contribution is -2.41. The zero-order valence-corrected chi connectivity index (χ0v) is 12.6. The molecule has 5 nitrogen and oxygen atoms in total. The lowest BCUT2D eigenvalue weighted by Gasteiger charge is -2.21. The van der Waals surface area contributed by atoms with Crippen molar-refractivity contribution < 1.29 is 9.32 Å². The van der Waals surface area contributed by atoms with Gasteiger partial charge in [-0.05, 0) is 33.9 Å². The number of likely N-dealkylation sites (N-methyl/N-ethyl adjacent to an activating group) is 1. The first-order chi connectivity index (χ1) is 8.99. The van der Waals surface area contributed by atoms with Crippen molar-refractivity contribution in [1.29, 1.82) is 0 Å². The average Bonchev–Trinajstić information content (AvgIpc) is 2.70. The van der Waals surface area contributed by atoms with Gasteiger partial charge in [0.1, 0.15) is 5.76 Å². The van der Waals surface area contributed by atoms with Crippen molar-refractivity contribution in [1.82, 2.24) is 15.4 Å². The highest BCUT2D eigenvalue weighted by Gasteiger charge is 2.19. The minimum atomic E-state index is -0.154. The Hall–Kier alpha value is -1.36. The van der Waals surface area contributed by atoms with Crippen LogP contribution >= 0.6 is 0 Å². The molecule has 0 bridgehead atoms. The van der Waals surface area contributed by atoms with E-state index < -0.39 is 0 Å². The molecule has 1 heterocycles. The number of rotatable bonds is 7. The van der Waals surface area contributed by atoms with Gasteiger partial charge < -0.3 is 14.7 Å². The molecule has 108 valence electrons. The predicted molar refractivity (Wildman–Crippen MR) is 75.3 cm³/mol. The van der Waals surface area contributed by atoms with Crippen molar-refractivity contribution in [2.75, 3.05) is 20.1 Å². The van der Waals surface area contributed by atoms with E-state index in [2.05, 4.69) is 29.3 Å². The molecule has 0 spiro atoms. The summed E-state index contributed by atoms with van der Waals surface area (Å²) in [5.41, 5.74) is 1.25. The predicted octanol–water partition coefficient (Wildman–Crippen LogP) is 2.01. The Morgan fingerprint density at radius 2 is 2.16 bits per heavy atom. The topological polar surface area (TPSA) is 58.4 Å². The Morgan fingerprint density at radius 1 is 1.47 bits per heavy atom. The van der Waals surface area contributed by atoms with Crippen LogP contribution in [0.4, 0.5) is 0 Å². The lowest BCUT2D eigenvalue weighted by molar-refractivity contribution is 0.0922. The highest BCUT2D eigenvalue weighted by molar-refractivity contribution is 5.93. The van der Waals surface area contributed by atoms with E-state index in [0.29, 0.717) is 5.69 Å². The highest BCUT2D eigenvalue weighted by Crippen LogP contribution is 2.13. The number of amides is 1. The minimum Gasteiger partial charge on any atom is -0.360 e. The fourth-order valence-corrected chi connectivity index (χ4v) is 2.19. The fraction of sp³-hybridized carbons (Fsp3) is 0.714. The van der Waals surface area contributed by atoms with Crippen LogP contribution in [0.15, 0.2) is 4.52 Å². The van der Waals surface area contributed by atoms with E-state index in [1.807, 2.05) is 20.8 Å². The van der Waals surface area contributed by atoms with Crippen LogP contribution in [0.2, 0.25) is 0 Å². The molecule has 0 fully saturated rings. The Bertz CT molecular complexity index is 415. The molecule has 1 rings (SSSR count). The molecule has 1 unspecified atom stereocenters. The second-order valence-corrected chi connectivity index (χ2v) is 5.07. The van der Waals surface area contributed by atoms with Crippen LogP contribution in [0, 0.1) is 6.92 Å². The Balaban J connectivity index is 2.56. The van der Waals surface area contributed by atoms with Crippen molar-refractivity contribution in [3.05, 3.63) is 17.0 Å². The van der Waals surface area contributed by atoms with Crippen LogP contribution in [0.1, 0.15) is 49.0 Å². The van der Waals surface area contributed by atoms with Crippen molar-refractivity contribution in [2.24, 2.45) is 0 Å². The number of nitrogens with one attached hydrogen (secondary N) is 1. The Kier molecular flexibility index (Phi) is 6.02. The Labute approximate surface area is 115 Å². The van der Waals surface area contributed by atoms with Gasteiger partial charge in [-0.25, -0.2) is 0 Å². The number of aryl methyl sites for hydroxylation is 1. The van der Waals surface area contributed by atoms with E-state index in [0.717, 1.165) is 37.3 Å².